The lowest BCUT2D eigenvalue weighted by atomic mass is 10.1. The summed E-state index contributed by atoms with van der Waals surface area (Å²) in [6.45, 7) is 4.98. The molecule has 0 spiro atoms. The predicted octanol–water partition coefficient (Wildman–Crippen LogP) is 3.98. The van der Waals surface area contributed by atoms with Gasteiger partial charge in [0.25, 0.3) is 0 Å². The molecule has 0 heterocycles. The zero-order valence-electron chi connectivity index (χ0n) is 21.1. The molecule has 0 saturated heterocycles. The van der Waals surface area contributed by atoms with Gasteiger partial charge >= 0.3 is 0 Å². The lowest BCUT2D eigenvalue weighted by Gasteiger charge is -2.33. The van der Waals surface area contributed by atoms with Gasteiger partial charge in [-0.05, 0) is 55.7 Å². The third-order valence-electron chi connectivity index (χ3n) is 5.76. The maximum absolute atomic E-state index is 13.6. The lowest BCUT2D eigenvalue weighted by Crippen LogP contribution is -2.53. The molecule has 8 nitrogen and oxygen atoms in total. The van der Waals surface area contributed by atoms with Crippen LogP contribution in [0.1, 0.15) is 39.2 Å². The van der Waals surface area contributed by atoms with Crippen LogP contribution in [0.15, 0.2) is 42.5 Å². The zero-order valence-corrected chi connectivity index (χ0v) is 22.7. The van der Waals surface area contributed by atoms with Crippen LogP contribution < -0.4 is 14.4 Å². The summed E-state index contributed by atoms with van der Waals surface area (Å²) in [5, 5.41) is 3.07. The van der Waals surface area contributed by atoms with Crippen molar-refractivity contribution in [2.24, 2.45) is 0 Å². The van der Waals surface area contributed by atoms with Gasteiger partial charge < -0.3 is 15.0 Å². The zero-order chi connectivity index (χ0) is 27.0. The van der Waals surface area contributed by atoms with E-state index in [0.717, 1.165) is 10.6 Å². The molecule has 0 aliphatic carbocycles. The van der Waals surface area contributed by atoms with E-state index in [0.29, 0.717) is 24.2 Å². The lowest BCUT2D eigenvalue weighted by molar-refractivity contribution is -0.140. The smallest absolute Gasteiger partial charge is 0.244 e. The number of amides is 2. The Morgan fingerprint density at radius 3 is 2.25 bits per heavy atom. The second kappa shape index (κ2) is 12.9. The SMILES string of the molecule is CC[C@@H](C)NC(=O)[C@@H](CC)N(Cc1ccc(F)cc1)C(=O)CN(c1ccc(OC)c(Cl)c1)S(C)(=O)=O. The van der Waals surface area contributed by atoms with Gasteiger partial charge in [-0.3, -0.25) is 13.9 Å². The van der Waals surface area contributed by atoms with E-state index in [-0.39, 0.29) is 29.2 Å². The molecule has 0 unspecified atom stereocenters. The van der Waals surface area contributed by atoms with Gasteiger partial charge in [0.2, 0.25) is 21.8 Å². The molecule has 2 rings (SSSR count). The van der Waals surface area contributed by atoms with E-state index in [1.54, 1.807) is 6.92 Å². The summed E-state index contributed by atoms with van der Waals surface area (Å²) in [6, 6.07) is 8.98. The number of hydrogen-bond donors (Lipinski definition) is 1. The van der Waals surface area contributed by atoms with Gasteiger partial charge in [-0.1, -0.05) is 37.6 Å². The number of sulfonamides is 1. The molecule has 36 heavy (non-hydrogen) atoms. The summed E-state index contributed by atoms with van der Waals surface area (Å²) in [4.78, 5) is 28.0. The number of methoxy groups -OCH3 is 1. The van der Waals surface area contributed by atoms with Crippen molar-refractivity contribution >= 4 is 39.1 Å². The van der Waals surface area contributed by atoms with Gasteiger partial charge in [-0.15, -0.1) is 0 Å². The second-order valence-corrected chi connectivity index (χ2v) is 10.8. The predicted molar refractivity (Wildman–Crippen MR) is 139 cm³/mol. The van der Waals surface area contributed by atoms with Crippen molar-refractivity contribution in [3.05, 3.63) is 58.9 Å². The number of nitrogens with one attached hydrogen (secondary N) is 1. The summed E-state index contributed by atoms with van der Waals surface area (Å²) in [5.74, 6) is -1.02. The highest BCUT2D eigenvalue weighted by molar-refractivity contribution is 7.92. The van der Waals surface area contributed by atoms with Gasteiger partial charge in [-0.2, -0.15) is 0 Å². The van der Waals surface area contributed by atoms with Gasteiger partial charge in [0, 0.05) is 12.6 Å². The molecule has 11 heteroatoms. The molecule has 0 fully saturated rings. The number of hydrogen-bond acceptors (Lipinski definition) is 5. The summed E-state index contributed by atoms with van der Waals surface area (Å²) in [7, 11) is -2.47. The topological polar surface area (TPSA) is 96.0 Å². The Labute approximate surface area is 217 Å². The third kappa shape index (κ3) is 7.83. The van der Waals surface area contributed by atoms with E-state index in [9.17, 15) is 22.4 Å². The molecule has 0 aliphatic heterocycles. The Balaban J connectivity index is 2.45. The number of benzene rings is 2. The first-order valence-electron chi connectivity index (χ1n) is 11.6. The monoisotopic (exact) mass is 541 g/mol. The van der Waals surface area contributed by atoms with Crippen molar-refractivity contribution in [2.45, 2.75) is 52.2 Å². The van der Waals surface area contributed by atoms with Crippen molar-refractivity contribution in [3.8, 4) is 5.75 Å². The van der Waals surface area contributed by atoms with Crippen LogP contribution in [-0.4, -0.2) is 57.1 Å². The molecule has 0 saturated carbocycles. The van der Waals surface area contributed by atoms with E-state index in [1.807, 2.05) is 13.8 Å². The van der Waals surface area contributed by atoms with Crippen LogP contribution in [0, 0.1) is 5.82 Å². The van der Waals surface area contributed by atoms with Crippen LogP contribution in [0.5, 0.6) is 5.75 Å². The van der Waals surface area contributed by atoms with Gasteiger partial charge in [0.15, 0.2) is 0 Å². The molecule has 0 radical (unpaired) electrons. The Hall–Kier alpha value is -2.85. The molecule has 0 aliphatic rings. The van der Waals surface area contributed by atoms with Crippen LogP contribution >= 0.6 is 11.6 Å². The van der Waals surface area contributed by atoms with E-state index in [1.165, 1.54) is 54.5 Å². The van der Waals surface area contributed by atoms with E-state index < -0.39 is 34.3 Å². The highest BCUT2D eigenvalue weighted by Gasteiger charge is 2.32. The number of anilines is 1. The fourth-order valence-electron chi connectivity index (χ4n) is 3.57. The highest BCUT2D eigenvalue weighted by Crippen LogP contribution is 2.30. The van der Waals surface area contributed by atoms with Gasteiger partial charge in [0.1, 0.15) is 24.2 Å². The van der Waals surface area contributed by atoms with E-state index >= 15 is 0 Å². The molecule has 2 atom stereocenters. The first-order valence-corrected chi connectivity index (χ1v) is 13.8. The van der Waals surface area contributed by atoms with Gasteiger partial charge in [0.05, 0.1) is 24.1 Å². The fraction of sp³-hybridized carbons (Fsp3) is 0.440. The normalized spacial score (nSPS) is 13.0. The van der Waals surface area contributed by atoms with Crippen LogP contribution in [0.2, 0.25) is 5.02 Å². The van der Waals surface area contributed by atoms with Gasteiger partial charge in [-0.25, -0.2) is 12.8 Å². The van der Waals surface area contributed by atoms with Crippen molar-refractivity contribution in [2.75, 3.05) is 24.2 Å². The molecule has 0 bridgehead atoms. The van der Waals surface area contributed by atoms with Crippen LogP contribution in [0.25, 0.3) is 0 Å². The highest BCUT2D eigenvalue weighted by atomic mass is 35.5. The fourth-order valence-corrected chi connectivity index (χ4v) is 4.66. The Kier molecular flexibility index (Phi) is 10.5. The third-order valence-corrected chi connectivity index (χ3v) is 7.19. The van der Waals surface area contributed by atoms with Crippen LogP contribution in [-0.2, 0) is 26.2 Å². The molecular weight excluding hydrogens is 509 g/mol. The number of halogens is 2. The average Bonchev–Trinajstić information content (AvgIpc) is 2.82. The summed E-state index contributed by atoms with van der Waals surface area (Å²) < 4.78 is 44.9. The average molecular weight is 542 g/mol. The van der Waals surface area contributed by atoms with Crippen molar-refractivity contribution < 1.29 is 27.1 Å². The molecule has 2 aromatic rings. The number of carbonyl (C=O) groups is 2. The summed E-state index contributed by atoms with van der Waals surface area (Å²) >= 11 is 6.19. The van der Waals surface area contributed by atoms with Crippen LogP contribution in [0.3, 0.4) is 0 Å². The van der Waals surface area contributed by atoms with Crippen molar-refractivity contribution in [1.82, 2.24) is 10.2 Å². The Morgan fingerprint density at radius 2 is 1.75 bits per heavy atom. The maximum atomic E-state index is 13.6. The first-order chi connectivity index (χ1) is 16.9. The summed E-state index contributed by atoms with van der Waals surface area (Å²) in [6.07, 6.45) is 1.98. The number of nitrogens with zero attached hydrogens (tertiary/aromatic N) is 2. The second-order valence-electron chi connectivity index (χ2n) is 8.48. The molecule has 2 aromatic carbocycles. The molecular formula is C25H33ClFN3O5S. The molecule has 2 amide bonds. The number of ether oxygens (including phenoxy) is 1. The van der Waals surface area contributed by atoms with Crippen molar-refractivity contribution in [1.29, 1.82) is 0 Å². The minimum atomic E-state index is -3.90. The summed E-state index contributed by atoms with van der Waals surface area (Å²) in [5.41, 5.74) is 0.772. The minimum Gasteiger partial charge on any atom is -0.495 e. The van der Waals surface area contributed by atoms with Crippen molar-refractivity contribution in [3.63, 3.8) is 0 Å². The standard InChI is InChI=1S/C25H33ClFN3O5S/c1-6-17(3)28-25(32)22(7-2)29(15-18-8-10-19(27)11-9-18)24(31)16-30(36(5,33)34)20-12-13-23(35-4)21(26)14-20/h8-14,17,22H,6-7,15-16H2,1-5H3,(H,28,32)/t17-,22-/m1/s1. The molecule has 0 aromatic heterocycles. The molecule has 1 N–H and O–H groups in total. The first kappa shape index (κ1) is 29.4. The largest absolute Gasteiger partial charge is 0.495 e. The maximum Gasteiger partial charge on any atom is 0.244 e. The Morgan fingerprint density at radius 1 is 1.11 bits per heavy atom. The quantitative estimate of drug-likeness (QED) is 0.438. The van der Waals surface area contributed by atoms with Crippen LogP contribution in [0.4, 0.5) is 10.1 Å². The number of rotatable bonds is 12. The van der Waals surface area contributed by atoms with E-state index in [2.05, 4.69) is 5.32 Å². The van der Waals surface area contributed by atoms with E-state index in [4.69, 9.17) is 16.3 Å². The Bertz CT molecular complexity index is 1160. The minimum absolute atomic E-state index is 0.00742. The molecule has 198 valence electrons. The number of carbonyl (C=O) groups excluding carboxylic acids is 2.